The second-order valence-corrected chi connectivity index (χ2v) is 23.8. The number of oxime groups is 1. The van der Waals surface area contributed by atoms with Crippen molar-refractivity contribution < 1.29 is 63.7 Å². The predicted octanol–water partition coefficient (Wildman–Crippen LogP) is 7.04. The Bertz CT molecular complexity index is 2890. The molecule has 2 N–H and O–H groups in total. The Labute approximate surface area is 490 Å². The monoisotopic (exact) mass is 1110 g/mol. The first-order valence-corrected chi connectivity index (χ1v) is 29.6. The van der Waals surface area contributed by atoms with Gasteiger partial charge in [-0.2, -0.15) is 0 Å². The van der Waals surface area contributed by atoms with Crippen LogP contribution < -0.4 is 40.7 Å². The van der Waals surface area contributed by atoms with Crippen molar-refractivity contribution in [1.29, 1.82) is 0 Å². The topological polar surface area (TPSA) is 251 Å². The fraction of sp³-hybridized carbons (Fsp3) is 0.667. The van der Waals surface area contributed by atoms with Crippen molar-refractivity contribution in [3.8, 4) is 0 Å². The minimum atomic E-state index is -0.843. The van der Waals surface area contributed by atoms with Crippen LogP contribution in [0.3, 0.4) is 0 Å². The van der Waals surface area contributed by atoms with E-state index in [4.69, 9.17) is 29.5 Å². The summed E-state index contributed by atoms with van der Waals surface area (Å²) in [4.78, 5) is 84.1. The van der Waals surface area contributed by atoms with Crippen molar-refractivity contribution in [2.24, 2.45) is 34.2 Å². The number of benzene rings is 2. The third-order valence-electron chi connectivity index (χ3n) is 18.9. The fourth-order valence-electron chi connectivity index (χ4n) is 16.3. The molecule has 4 saturated carbocycles. The van der Waals surface area contributed by atoms with E-state index in [1.54, 1.807) is 13.8 Å². The number of carbonyl (C=O) groups is 3. The zero-order chi connectivity index (χ0) is 55.7. The van der Waals surface area contributed by atoms with Crippen LogP contribution in [-0.4, -0.2) is 112 Å². The third-order valence-corrected chi connectivity index (χ3v) is 18.9. The molecule has 10 atom stereocenters. The number of aromatic nitrogens is 4. The molecule has 4 aliphatic carbocycles. The average molecular weight is 1110 g/mol. The average Bonchev–Trinajstić information content (AvgIpc) is 3.68. The standard InChI is InChI=1S/C29H38N4O4.C29H39N3O3.C2H4O2.HNO2.Na/c1-2-37-29(35)27(31-36)26-28(34)33(25-10-6-5-9-24(25)30-26)23-16-20-11-12-21(17-23)32(20)22-14-18-7-3-4-8-19(13-18)15-22;1-2-35-28(33)18-26-29(34)32(27-10-6-5-9-25(27)30-26)24-16-21-11-12-22(17-24)31(21)23-14-19-7-3-4-8-20(13-19)15-23;1-2(3)4;2-1-3;/h5-6,9-10,18-23,36H,2-4,7-8,11-17H2,1H3;5-6,9-10,19-24H,2-4,7-8,11-18H2,1H3;1H3,(H,3,4);(H,2,3);/q;;;;+1/p-1/b31-27-;;;;/t18?,19?,20-,21+,22?,23?;19?,20?,21-,22+,23?,24?;;;. The van der Waals surface area contributed by atoms with Gasteiger partial charge in [0.2, 0.25) is 5.71 Å². The summed E-state index contributed by atoms with van der Waals surface area (Å²) >= 11 is 0. The summed E-state index contributed by atoms with van der Waals surface area (Å²) in [5.74, 6) is 1.57. The maximum atomic E-state index is 13.9. The van der Waals surface area contributed by atoms with Gasteiger partial charge in [0.25, 0.3) is 17.1 Å². The molecule has 6 heterocycles. The Morgan fingerprint density at radius 1 is 0.588 bits per heavy atom. The van der Waals surface area contributed by atoms with Crippen LogP contribution in [0.1, 0.15) is 186 Å². The maximum absolute atomic E-state index is 13.9. The Morgan fingerprint density at radius 3 is 1.38 bits per heavy atom. The molecule has 8 aliphatic rings. The van der Waals surface area contributed by atoms with Crippen LogP contribution >= 0.6 is 0 Å². The van der Waals surface area contributed by atoms with Crippen LogP contribution in [0.4, 0.5) is 0 Å². The number of hydrogen-bond donors (Lipinski definition) is 2. The van der Waals surface area contributed by atoms with Crippen molar-refractivity contribution in [2.45, 2.75) is 217 Å². The molecule has 6 unspecified atom stereocenters. The molecule has 2 aromatic heterocycles. The molecule has 4 aromatic rings. The number of carbonyl (C=O) groups excluding carboxylic acids is 2. The number of hydrogen-bond acceptors (Lipinski definition) is 16. The minimum absolute atomic E-state index is 0. The summed E-state index contributed by atoms with van der Waals surface area (Å²) in [5.41, 5.74) is 2.28. The van der Waals surface area contributed by atoms with Gasteiger partial charge in [-0.15, -0.1) is 5.34 Å². The summed E-state index contributed by atoms with van der Waals surface area (Å²) < 4.78 is 14.0. The van der Waals surface area contributed by atoms with Crippen molar-refractivity contribution in [3.05, 3.63) is 90.7 Å². The van der Waals surface area contributed by atoms with Gasteiger partial charge in [0.1, 0.15) is 5.69 Å². The number of rotatable bonds is 10. The van der Waals surface area contributed by atoms with Gasteiger partial charge < -0.3 is 39.0 Å². The van der Waals surface area contributed by atoms with Gasteiger partial charge in [0, 0.05) is 55.3 Å². The van der Waals surface area contributed by atoms with E-state index in [1.807, 2.05) is 57.7 Å². The zero-order valence-electron chi connectivity index (χ0n) is 47.4. The smallest absolute Gasteiger partial charge is 0.481 e. The van der Waals surface area contributed by atoms with Gasteiger partial charge in [-0.25, -0.2) is 14.8 Å². The van der Waals surface area contributed by atoms with Gasteiger partial charge in [-0.3, -0.25) is 29.0 Å². The van der Waals surface area contributed by atoms with Crippen molar-refractivity contribution in [3.63, 3.8) is 0 Å². The molecule has 8 fully saturated rings. The number of nitrogens with zero attached hydrogens (tertiary/aromatic N) is 8. The predicted molar refractivity (Wildman–Crippen MR) is 300 cm³/mol. The number of carboxylic acid groups (broad SMARTS) is 1. The van der Waals surface area contributed by atoms with E-state index in [0.29, 0.717) is 48.0 Å². The Balaban J connectivity index is 0.000000187. The molecule has 80 heavy (non-hydrogen) atoms. The molecule has 0 spiro atoms. The van der Waals surface area contributed by atoms with Gasteiger partial charge in [-0.05, 0) is 152 Å². The molecule has 8 bridgehead atoms. The first-order chi connectivity index (χ1) is 38.3. The molecule has 2 aromatic carbocycles. The van der Waals surface area contributed by atoms with Gasteiger partial charge >= 0.3 is 41.5 Å². The Morgan fingerprint density at radius 2 is 0.975 bits per heavy atom. The minimum Gasteiger partial charge on any atom is -0.481 e. The first-order valence-electron chi connectivity index (χ1n) is 29.6. The molecule has 4 aliphatic heterocycles. The second kappa shape index (κ2) is 28.3. The quantitative estimate of drug-likeness (QED) is 0.0404. The van der Waals surface area contributed by atoms with E-state index in [2.05, 4.69) is 24.9 Å². The molecule has 19 nitrogen and oxygen atoms in total. The second-order valence-electron chi connectivity index (χ2n) is 23.8. The number of carboxylic acids is 1. The summed E-state index contributed by atoms with van der Waals surface area (Å²) in [6, 6.07) is 19.1. The van der Waals surface area contributed by atoms with Crippen molar-refractivity contribution in [1.82, 2.24) is 28.9 Å². The van der Waals surface area contributed by atoms with Crippen LogP contribution in [0.5, 0.6) is 0 Å². The van der Waals surface area contributed by atoms with Gasteiger partial charge in [0.05, 0.1) is 41.7 Å². The summed E-state index contributed by atoms with van der Waals surface area (Å²) in [7, 11) is 0. The van der Waals surface area contributed by atoms with Crippen molar-refractivity contribution in [2.75, 3.05) is 13.2 Å². The number of para-hydroxylation sites is 4. The molecule has 0 amide bonds. The summed E-state index contributed by atoms with van der Waals surface area (Å²) in [6.07, 6.45) is 28.3. The van der Waals surface area contributed by atoms with E-state index < -0.39 is 17.7 Å². The van der Waals surface area contributed by atoms with Crippen molar-refractivity contribution >= 4 is 45.7 Å². The SMILES string of the molecule is CC(=O)O.CCOC(=O)/C(=N\O)c1nc2ccccc2n(C2C[C@H]3CC[C@@H](C2)N3C2CC3CCCCC(C3)C2)c1=O.CCOC(=O)Cc1nc2ccccc2n(C2C[C@H]3CC[C@@H](C2)N3C2CC3CCCCC(C3)C2)c1=O.O=N[O-].[Na+]. The normalized spacial score (nSPS) is 29.8. The molecule has 0 radical (unpaired) electrons. The largest absolute Gasteiger partial charge is 1.00 e. The van der Waals surface area contributed by atoms with Crippen LogP contribution in [0.25, 0.3) is 22.1 Å². The van der Waals surface area contributed by atoms with E-state index in [0.717, 1.165) is 84.2 Å². The van der Waals surface area contributed by atoms with Crippen LogP contribution in [-0.2, 0) is 30.3 Å². The van der Waals surface area contributed by atoms with Gasteiger partial charge in [-0.1, -0.05) is 80.8 Å². The maximum Gasteiger partial charge on any atom is 1.00 e. The van der Waals surface area contributed by atoms with Gasteiger partial charge in [0.15, 0.2) is 5.69 Å². The molecular formula is C60H81N8NaO11. The molecule has 428 valence electrons. The van der Waals surface area contributed by atoms with Crippen LogP contribution in [0, 0.1) is 33.8 Å². The number of aliphatic carboxylic acids is 1. The molecule has 20 heteroatoms. The Hall–Kier alpha value is -5.08. The number of esters is 2. The number of fused-ring (bicyclic) bond motifs is 10. The molecular weight excluding hydrogens is 1030 g/mol. The molecule has 4 saturated heterocycles. The molecule has 12 rings (SSSR count). The summed E-state index contributed by atoms with van der Waals surface area (Å²) in [5, 5.41) is 29.2. The Kier molecular flexibility index (Phi) is 21.6. The van der Waals surface area contributed by atoms with Crippen LogP contribution in [0.2, 0.25) is 0 Å². The first kappa shape index (κ1) is 61.0. The van der Waals surface area contributed by atoms with E-state index in [1.165, 1.54) is 116 Å². The van der Waals surface area contributed by atoms with Crippen LogP contribution in [0.15, 0.2) is 68.6 Å². The number of piperidine rings is 2. The van der Waals surface area contributed by atoms with E-state index >= 15 is 0 Å². The van der Waals surface area contributed by atoms with E-state index in [9.17, 15) is 24.4 Å². The number of ether oxygens (including phenoxy) is 2. The van der Waals surface area contributed by atoms with E-state index in [-0.39, 0.29) is 77.5 Å². The zero-order valence-corrected chi connectivity index (χ0v) is 49.4. The fourth-order valence-corrected chi connectivity index (χ4v) is 16.3. The third kappa shape index (κ3) is 13.9. The summed E-state index contributed by atoms with van der Waals surface area (Å²) in [6.45, 7) is 4.97.